The van der Waals surface area contributed by atoms with E-state index in [1.165, 1.54) is 24.5 Å². The summed E-state index contributed by atoms with van der Waals surface area (Å²) in [4.78, 5) is 40.4. The van der Waals surface area contributed by atoms with Crippen LogP contribution in [0.5, 0.6) is 0 Å². The van der Waals surface area contributed by atoms with Crippen molar-refractivity contribution in [3.05, 3.63) is 70.2 Å². The minimum atomic E-state index is -0.664. The normalized spacial score (nSPS) is 10.8. The summed E-state index contributed by atoms with van der Waals surface area (Å²) in [5, 5.41) is 5.12. The molecular formula is C23H24FN3O5. The van der Waals surface area contributed by atoms with Gasteiger partial charge in [0.15, 0.2) is 0 Å². The van der Waals surface area contributed by atoms with Crippen LogP contribution < -0.4 is 10.6 Å². The predicted molar refractivity (Wildman–Crippen MR) is 117 cm³/mol. The van der Waals surface area contributed by atoms with Gasteiger partial charge >= 0.3 is 5.97 Å². The molecule has 0 aliphatic rings. The third-order valence-corrected chi connectivity index (χ3v) is 4.79. The van der Waals surface area contributed by atoms with E-state index in [2.05, 4.69) is 15.6 Å². The Balaban J connectivity index is 1.80. The minimum absolute atomic E-state index is 0.103. The molecule has 0 fully saturated rings. The van der Waals surface area contributed by atoms with E-state index in [1.807, 2.05) is 0 Å². The second kappa shape index (κ2) is 9.09. The number of aryl methyl sites for hydroxylation is 2. The molecule has 2 heterocycles. The van der Waals surface area contributed by atoms with E-state index in [-0.39, 0.29) is 28.7 Å². The topological polar surface area (TPSA) is 113 Å². The highest BCUT2D eigenvalue weighted by Crippen LogP contribution is 2.24. The van der Waals surface area contributed by atoms with Crippen LogP contribution in [0.1, 0.15) is 62.1 Å². The second-order valence-corrected chi connectivity index (χ2v) is 7.57. The van der Waals surface area contributed by atoms with Gasteiger partial charge in [0.2, 0.25) is 0 Å². The first-order valence-corrected chi connectivity index (χ1v) is 9.95. The van der Waals surface area contributed by atoms with E-state index in [0.29, 0.717) is 22.6 Å². The van der Waals surface area contributed by atoms with Crippen LogP contribution in [-0.4, -0.2) is 28.9 Å². The zero-order chi connectivity index (χ0) is 23.6. The zero-order valence-corrected chi connectivity index (χ0v) is 18.4. The minimum Gasteiger partial charge on any atom is -0.469 e. The number of aromatic amines is 1. The molecule has 2 amide bonds. The van der Waals surface area contributed by atoms with E-state index in [4.69, 9.17) is 9.15 Å². The number of furan rings is 1. The number of ether oxygens (including phenoxy) is 1. The number of carbonyl (C=O) groups excluding carboxylic acids is 3. The Hall–Kier alpha value is -3.88. The fraction of sp³-hybridized carbons (Fsp3) is 0.261. The molecule has 0 saturated carbocycles. The number of halogens is 1. The first-order chi connectivity index (χ1) is 15.1. The smallest absolute Gasteiger partial charge is 0.340 e. The predicted octanol–water partition coefficient (Wildman–Crippen LogP) is 4.74. The highest BCUT2D eigenvalue weighted by atomic mass is 19.1. The largest absolute Gasteiger partial charge is 0.469 e. The highest BCUT2D eigenvalue weighted by Gasteiger charge is 2.24. The molecule has 0 aliphatic heterocycles. The van der Waals surface area contributed by atoms with Crippen molar-refractivity contribution in [2.75, 3.05) is 10.6 Å². The molecule has 3 rings (SSSR count). The Morgan fingerprint density at radius 3 is 2.41 bits per heavy atom. The molecule has 168 valence electrons. The molecule has 3 aromatic rings. The summed E-state index contributed by atoms with van der Waals surface area (Å²) in [6.07, 6.45) is 1.07. The number of anilines is 2. The number of hydrogen-bond acceptors (Lipinski definition) is 5. The van der Waals surface area contributed by atoms with Crippen LogP contribution in [0, 0.1) is 26.6 Å². The van der Waals surface area contributed by atoms with Gasteiger partial charge < -0.3 is 24.8 Å². The van der Waals surface area contributed by atoms with Crippen LogP contribution in [0.4, 0.5) is 15.8 Å². The van der Waals surface area contributed by atoms with Crippen molar-refractivity contribution in [1.29, 1.82) is 0 Å². The van der Waals surface area contributed by atoms with Crippen LogP contribution >= 0.6 is 0 Å². The number of nitrogens with one attached hydrogen (secondary N) is 3. The molecule has 0 radical (unpaired) electrons. The molecule has 0 saturated heterocycles. The standard InChI is InChI=1S/C23H24FN3O5/c1-11(2)32-23(30)19-12(3)20(25-13(19)4)22(29)26-15-6-7-17(24)18(10-15)27-21(28)16-8-9-31-14(16)5/h6-11,25H,1-5H3,(H,26,29)(H,27,28). The number of hydrogen-bond donors (Lipinski definition) is 3. The van der Waals surface area contributed by atoms with Crippen molar-refractivity contribution in [2.45, 2.75) is 40.7 Å². The van der Waals surface area contributed by atoms with Gasteiger partial charge in [0, 0.05) is 11.4 Å². The SMILES string of the molecule is Cc1[nH]c(C(=O)Nc2ccc(F)c(NC(=O)c3ccoc3C)c2)c(C)c1C(=O)OC(C)C. The molecular weight excluding hydrogens is 417 g/mol. The number of rotatable bonds is 6. The average Bonchev–Trinajstić information content (AvgIpc) is 3.26. The first kappa shape index (κ1) is 22.8. The maximum atomic E-state index is 14.2. The van der Waals surface area contributed by atoms with Gasteiger partial charge in [0.05, 0.1) is 29.2 Å². The lowest BCUT2D eigenvalue weighted by Crippen LogP contribution is -2.16. The highest BCUT2D eigenvalue weighted by molar-refractivity contribution is 6.08. The summed E-state index contributed by atoms with van der Waals surface area (Å²) in [5.74, 6) is -1.85. The van der Waals surface area contributed by atoms with E-state index >= 15 is 0 Å². The van der Waals surface area contributed by atoms with Crippen LogP contribution in [-0.2, 0) is 4.74 Å². The fourth-order valence-corrected chi connectivity index (χ4v) is 3.26. The molecule has 3 N–H and O–H groups in total. The Morgan fingerprint density at radius 1 is 1.06 bits per heavy atom. The van der Waals surface area contributed by atoms with Gasteiger partial charge in [-0.1, -0.05) is 0 Å². The quantitative estimate of drug-likeness (QED) is 0.478. The van der Waals surface area contributed by atoms with Crippen molar-refractivity contribution >= 4 is 29.2 Å². The summed E-state index contributed by atoms with van der Waals surface area (Å²) in [7, 11) is 0. The molecule has 32 heavy (non-hydrogen) atoms. The third-order valence-electron chi connectivity index (χ3n) is 4.79. The maximum absolute atomic E-state index is 14.2. The van der Waals surface area contributed by atoms with Crippen molar-refractivity contribution < 1.29 is 27.9 Å². The third kappa shape index (κ3) is 4.72. The van der Waals surface area contributed by atoms with E-state index in [9.17, 15) is 18.8 Å². The van der Waals surface area contributed by atoms with Crippen molar-refractivity contribution in [1.82, 2.24) is 4.98 Å². The van der Waals surface area contributed by atoms with Crippen molar-refractivity contribution in [3.8, 4) is 0 Å². The summed E-state index contributed by atoms with van der Waals surface area (Å²) < 4.78 is 24.6. The summed E-state index contributed by atoms with van der Waals surface area (Å²) in [6, 6.07) is 5.28. The molecule has 8 nitrogen and oxygen atoms in total. The molecule has 1 aromatic carbocycles. The average molecular weight is 441 g/mol. The lowest BCUT2D eigenvalue weighted by atomic mass is 10.1. The van der Waals surface area contributed by atoms with Gasteiger partial charge in [0.25, 0.3) is 11.8 Å². The van der Waals surface area contributed by atoms with Gasteiger partial charge in [-0.25, -0.2) is 9.18 Å². The maximum Gasteiger partial charge on any atom is 0.340 e. The van der Waals surface area contributed by atoms with Gasteiger partial charge in [-0.3, -0.25) is 9.59 Å². The van der Waals surface area contributed by atoms with E-state index in [1.54, 1.807) is 34.6 Å². The van der Waals surface area contributed by atoms with Crippen molar-refractivity contribution in [3.63, 3.8) is 0 Å². The summed E-state index contributed by atoms with van der Waals surface area (Å²) in [5.41, 5.74) is 1.85. The molecule has 0 spiro atoms. The summed E-state index contributed by atoms with van der Waals surface area (Å²) >= 11 is 0. The Labute approximate surface area is 184 Å². The molecule has 2 aromatic heterocycles. The lowest BCUT2D eigenvalue weighted by molar-refractivity contribution is 0.0376. The second-order valence-electron chi connectivity index (χ2n) is 7.57. The van der Waals surface area contributed by atoms with Crippen molar-refractivity contribution in [2.24, 2.45) is 0 Å². The molecule has 0 aliphatic carbocycles. The number of esters is 1. The van der Waals surface area contributed by atoms with Crippen LogP contribution in [0.2, 0.25) is 0 Å². The van der Waals surface area contributed by atoms with E-state index < -0.39 is 23.6 Å². The van der Waals surface area contributed by atoms with Gasteiger partial charge in [-0.15, -0.1) is 0 Å². The zero-order valence-electron chi connectivity index (χ0n) is 18.4. The molecule has 0 atom stereocenters. The number of H-pyrrole nitrogens is 1. The number of aromatic nitrogens is 1. The van der Waals surface area contributed by atoms with Gasteiger partial charge in [-0.2, -0.15) is 0 Å². The Bertz CT molecular complexity index is 1190. The monoisotopic (exact) mass is 441 g/mol. The Kier molecular flexibility index (Phi) is 6.47. The van der Waals surface area contributed by atoms with Crippen LogP contribution in [0.3, 0.4) is 0 Å². The van der Waals surface area contributed by atoms with E-state index in [0.717, 1.165) is 6.07 Å². The van der Waals surface area contributed by atoms with Crippen LogP contribution in [0.15, 0.2) is 34.9 Å². The fourth-order valence-electron chi connectivity index (χ4n) is 3.26. The first-order valence-electron chi connectivity index (χ1n) is 9.95. The number of amides is 2. The number of benzene rings is 1. The molecule has 0 unspecified atom stereocenters. The molecule has 9 heteroatoms. The molecule has 0 bridgehead atoms. The lowest BCUT2D eigenvalue weighted by Gasteiger charge is -2.10. The Morgan fingerprint density at radius 2 is 1.78 bits per heavy atom. The number of carbonyl (C=O) groups is 3. The van der Waals surface area contributed by atoms with Crippen LogP contribution in [0.25, 0.3) is 0 Å². The van der Waals surface area contributed by atoms with Gasteiger partial charge in [-0.05, 0) is 64.4 Å². The van der Waals surface area contributed by atoms with Gasteiger partial charge in [0.1, 0.15) is 17.3 Å². The summed E-state index contributed by atoms with van der Waals surface area (Å²) in [6.45, 7) is 8.40.